The van der Waals surface area contributed by atoms with Crippen LogP contribution in [0.3, 0.4) is 0 Å². The van der Waals surface area contributed by atoms with Crippen LogP contribution in [0.15, 0.2) is 28.7 Å². The third-order valence-corrected chi connectivity index (χ3v) is 3.36. The van der Waals surface area contributed by atoms with Crippen LogP contribution in [0.1, 0.15) is 5.56 Å². The molecule has 0 aromatic heterocycles. The Morgan fingerprint density at radius 3 is 2.56 bits per heavy atom. The fourth-order valence-electron chi connectivity index (χ4n) is 1.53. The van der Waals surface area contributed by atoms with Gasteiger partial charge in [-0.15, -0.1) is 0 Å². The van der Waals surface area contributed by atoms with Gasteiger partial charge in [-0.3, -0.25) is 4.90 Å². The molecule has 0 bridgehead atoms. The molecular weight excluding hydrogens is 302 g/mol. The Balaban J connectivity index is 2.91. The normalized spacial score (nSPS) is 11.7. The number of carboxylic acid groups (broad SMARTS) is 1. The Morgan fingerprint density at radius 1 is 1.44 bits per heavy atom. The number of aliphatic carboxylic acids is 1. The van der Waals surface area contributed by atoms with Crippen LogP contribution >= 0.6 is 15.9 Å². The van der Waals surface area contributed by atoms with Crippen molar-refractivity contribution in [2.45, 2.75) is 12.5 Å². The minimum Gasteiger partial charge on any atom is -0.480 e. The Labute approximate surface area is 113 Å². The highest BCUT2D eigenvalue weighted by Crippen LogP contribution is 2.19. The molecule has 1 N–H and O–H groups in total. The van der Waals surface area contributed by atoms with Gasteiger partial charge in [0.05, 0.1) is 7.11 Å². The van der Waals surface area contributed by atoms with E-state index in [0.29, 0.717) is 0 Å². The van der Waals surface area contributed by atoms with E-state index in [1.165, 1.54) is 14.2 Å². The number of carbonyl (C=O) groups excluding carboxylic acids is 1. The van der Waals surface area contributed by atoms with Gasteiger partial charge < -0.3 is 9.84 Å². The molecule has 0 fully saturated rings. The molecule has 0 aliphatic heterocycles. The maximum Gasteiger partial charge on any atom is 0.409 e. The molecule has 0 radical (unpaired) electrons. The molecule has 1 aromatic carbocycles. The highest BCUT2D eigenvalue weighted by atomic mass is 79.9. The molecule has 1 unspecified atom stereocenters. The van der Waals surface area contributed by atoms with Crippen LogP contribution in [-0.4, -0.2) is 42.3 Å². The first-order valence-corrected chi connectivity index (χ1v) is 6.03. The number of methoxy groups -OCH3 is 1. The second-order valence-electron chi connectivity index (χ2n) is 3.73. The summed E-state index contributed by atoms with van der Waals surface area (Å²) in [6.45, 7) is 0. The van der Waals surface area contributed by atoms with Crippen molar-refractivity contribution in [1.29, 1.82) is 0 Å². The van der Waals surface area contributed by atoms with Crippen molar-refractivity contribution in [3.8, 4) is 0 Å². The van der Waals surface area contributed by atoms with Crippen LogP contribution < -0.4 is 0 Å². The average Bonchev–Trinajstić information content (AvgIpc) is 2.35. The molecule has 98 valence electrons. The lowest BCUT2D eigenvalue weighted by Gasteiger charge is -2.23. The predicted molar refractivity (Wildman–Crippen MR) is 69.4 cm³/mol. The standard InChI is InChI=1S/C12H14BrNO4/c1-14(12(17)18-2)10(11(15)16)7-8-5-3-4-6-9(8)13/h3-6,10H,7H2,1-2H3,(H,15,16). The van der Waals surface area contributed by atoms with Crippen molar-refractivity contribution < 1.29 is 19.4 Å². The minimum atomic E-state index is -1.07. The molecule has 18 heavy (non-hydrogen) atoms. The molecule has 1 amide bonds. The summed E-state index contributed by atoms with van der Waals surface area (Å²) in [4.78, 5) is 23.6. The number of amides is 1. The number of halogens is 1. The van der Waals surface area contributed by atoms with Gasteiger partial charge in [0.25, 0.3) is 0 Å². The van der Waals surface area contributed by atoms with Gasteiger partial charge in [-0.1, -0.05) is 34.1 Å². The van der Waals surface area contributed by atoms with Gasteiger partial charge in [0.1, 0.15) is 6.04 Å². The number of likely N-dealkylation sites (N-methyl/N-ethyl adjacent to an activating group) is 1. The Kier molecular flexibility index (Phi) is 5.15. The lowest BCUT2D eigenvalue weighted by atomic mass is 10.1. The molecule has 1 aromatic rings. The number of rotatable bonds is 4. The van der Waals surface area contributed by atoms with Gasteiger partial charge in [0.2, 0.25) is 0 Å². The molecule has 0 saturated heterocycles. The van der Waals surface area contributed by atoms with E-state index in [0.717, 1.165) is 14.9 Å². The largest absolute Gasteiger partial charge is 0.480 e. The maximum atomic E-state index is 11.4. The molecular formula is C12H14BrNO4. The number of ether oxygens (including phenoxy) is 1. The van der Waals surface area contributed by atoms with E-state index in [9.17, 15) is 14.7 Å². The Bertz CT molecular complexity index is 449. The zero-order valence-corrected chi connectivity index (χ0v) is 11.7. The van der Waals surface area contributed by atoms with Gasteiger partial charge in [0.15, 0.2) is 0 Å². The monoisotopic (exact) mass is 315 g/mol. The first kappa shape index (κ1) is 14.5. The number of carbonyl (C=O) groups is 2. The molecule has 6 heteroatoms. The van der Waals surface area contributed by atoms with Crippen molar-refractivity contribution in [1.82, 2.24) is 4.90 Å². The zero-order chi connectivity index (χ0) is 13.7. The van der Waals surface area contributed by atoms with Crippen LogP contribution in [0.4, 0.5) is 4.79 Å². The Morgan fingerprint density at radius 2 is 2.06 bits per heavy atom. The molecule has 0 aliphatic carbocycles. The van der Waals surface area contributed by atoms with Crippen LogP contribution in [0.2, 0.25) is 0 Å². The lowest BCUT2D eigenvalue weighted by Crippen LogP contribution is -2.43. The van der Waals surface area contributed by atoms with Gasteiger partial charge >= 0.3 is 12.1 Å². The van der Waals surface area contributed by atoms with E-state index in [-0.39, 0.29) is 6.42 Å². The highest BCUT2D eigenvalue weighted by Gasteiger charge is 2.27. The van der Waals surface area contributed by atoms with Crippen LogP contribution in [0.25, 0.3) is 0 Å². The first-order valence-electron chi connectivity index (χ1n) is 5.24. The summed E-state index contributed by atoms with van der Waals surface area (Å²) < 4.78 is 5.34. The lowest BCUT2D eigenvalue weighted by molar-refractivity contribution is -0.142. The molecule has 1 atom stereocenters. The van der Waals surface area contributed by atoms with E-state index < -0.39 is 18.1 Å². The summed E-state index contributed by atoms with van der Waals surface area (Å²) in [5.74, 6) is -1.07. The molecule has 1 rings (SSSR count). The molecule has 0 aliphatic rings. The molecule has 0 heterocycles. The SMILES string of the molecule is COC(=O)N(C)C(Cc1ccccc1Br)C(=O)O. The highest BCUT2D eigenvalue weighted by molar-refractivity contribution is 9.10. The van der Waals surface area contributed by atoms with Crippen LogP contribution in [0.5, 0.6) is 0 Å². The minimum absolute atomic E-state index is 0.211. The van der Waals surface area contributed by atoms with Crippen molar-refractivity contribution in [3.63, 3.8) is 0 Å². The van der Waals surface area contributed by atoms with E-state index in [1.54, 1.807) is 0 Å². The number of carboxylic acids is 1. The maximum absolute atomic E-state index is 11.4. The summed E-state index contributed by atoms with van der Waals surface area (Å²) in [5, 5.41) is 9.18. The van der Waals surface area contributed by atoms with E-state index in [4.69, 9.17) is 0 Å². The summed E-state index contributed by atoms with van der Waals surface area (Å²) >= 11 is 3.35. The third kappa shape index (κ3) is 3.46. The number of hydrogen-bond acceptors (Lipinski definition) is 3. The second-order valence-corrected chi connectivity index (χ2v) is 4.58. The Hall–Kier alpha value is -1.56. The first-order chi connectivity index (χ1) is 8.47. The fraction of sp³-hybridized carbons (Fsp3) is 0.333. The quantitative estimate of drug-likeness (QED) is 0.924. The van der Waals surface area contributed by atoms with Gasteiger partial charge in [-0.05, 0) is 11.6 Å². The van der Waals surface area contributed by atoms with Crippen molar-refractivity contribution in [2.75, 3.05) is 14.2 Å². The van der Waals surface area contributed by atoms with E-state index in [2.05, 4.69) is 20.7 Å². The van der Waals surface area contributed by atoms with E-state index in [1.807, 2.05) is 24.3 Å². The smallest absolute Gasteiger partial charge is 0.409 e. The van der Waals surface area contributed by atoms with Gasteiger partial charge in [0, 0.05) is 17.9 Å². The summed E-state index contributed by atoms with van der Waals surface area (Å²) in [6.07, 6.45) is -0.461. The predicted octanol–water partition coefficient (Wildman–Crippen LogP) is 2.14. The van der Waals surface area contributed by atoms with Gasteiger partial charge in [-0.2, -0.15) is 0 Å². The van der Waals surface area contributed by atoms with E-state index >= 15 is 0 Å². The average molecular weight is 316 g/mol. The van der Waals surface area contributed by atoms with Crippen molar-refractivity contribution in [2.24, 2.45) is 0 Å². The zero-order valence-electron chi connectivity index (χ0n) is 10.1. The molecule has 5 nitrogen and oxygen atoms in total. The third-order valence-electron chi connectivity index (χ3n) is 2.59. The van der Waals surface area contributed by atoms with Crippen LogP contribution in [-0.2, 0) is 16.0 Å². The van der Waals surface area contributed by atoms with Gasteiger partial charge in [-0.25, -0.2) is 9.59 Å². The second kappa shape index (κ2) is 6.39. The fourth-order valence-corrected chi connectivity index (χ4v) is 1.98. The molecule has 0 saturated carbocycles. The van der Waals surface area contributed by atoms with Crippen molar-refractivity contribution >= 4 is 28.0 Å². The molecule has 0 spiro atoms. The summed E-state index contributed by atoms with van der Waals surface area (Å²) in [5.41, 5.74) is 0.820. The number of benzene rings is 1. The number of nitrogens with zero attached hydrogens (tertiary/aromatic N) is 1. The topological polar surface area (TPSA) is 66.8 Å². The summed E-state index contributed by atoms with van der Waals surface area (Å²) in [6, 6.07) is 6.33. The van der Waals surface area contributed by atoms with Crippen molar-refractivity contribution in [3.05, 3.63) is 34.3 Å². The number of hydrogen-bond donors (Lipinski definition) is 1. The van der Waals surface area contributed by atoms with Crippen LogP contribution in [0, 0.1) is 0 Å². The summed E-state index contributed by atoms with van der Waals surface area (Å²) in [7, 11) is 2.62.